The average molecular weight is 430 g/mol. The normalized spacial score (nSPS) is 11.8. The summed E-state index contributed by atoms with van der Waals surface area (Å²) < 4.78 is 5.39. The molecule has 3 nitrogen and oxygen atoms in total. The molecule has 0 amide bonds. The predicted octanol–water partition coefficient (Wildman–Crippen LogP) is 7.15. The number of nitrogens with zero attached hydrogens (tertiary/aromatic N) is 1. The van der Waals surface area contributed by atoms with Gasteiger partial charge < -0.3 is 4.74 Å². The zero-order valence-corrected chi connectivity index (χ0v) is 19.0. The molecule has 0 N–H and O–H groups in total. The van der Waals surface area contributed by atoms with Gasteiger partial charge in [0.1, 0.15) is 6.61 Å². The topological polar surface area (TPSA) is 50.1 Å². The first kappa shape index (κ1) is 25.1. The van der Waals surface area contributed by atoms with Crippen molar-refractivity contribution in [1.29, 1.82) is 5.26 Å². The number of ether oxygens (including phenoxy) is 1. The maximum Gasteiger partial charge on any atom is 0.330 e. The molecule has 0 saturated carbocycles. The van der Waals surface area contributed by atoms with Crippen molar-refractivity contribution in [2.75, 3.05) is 6.61 Å². The number of unbranched alkanes of at least 4 members (excludes halogenated alkanes) is 6. The van der Waals surface area contributed by atoms with Gasteiger partial charge in [0.05, 0.1) is 12.0 Å². The van der Waals surface area contributed by atoms with Crippen molar-refractivity contribution in [3.63, 3.8) is 0 Å². The van der Waals surface area contributed by atoms with Crippen LogP contribution < -0.4 is 0 Å². The van der Waals surface area contributed by atoms with Gasteiger partial charge in [0, 0.05) is 11.5 Å². The van der Waals surface area contributed by atoms with Gasteiger partial charge in [-0.3, -0.25) is 0 Å². The van der Waals surface area contributed by atoms with E-state index in [4.69, 9.17) is 4.74 Å². The van der Waals surface area contributed by atoms with Gasteiger partial charge in [0.25, 0.3) is 0 Å². The van der Waals surface area contributed by atoms with Gasteiger partial charge in [-0.25, -0.2) is 4.79 Å². The minimum Gasteiger partial charge on any atom is -0.461 e. The second kappa shape index (κ2) is 14.0. The third-order valence-corrected chi connectivity index (χ3v) is 6.12. The molecule has 3 heteroatoms. The van der Waals surface area contributed by atoms with E-state index < -0.39 is 17.3 Å². The second-order valence-corrected chi connectivity index (χ2v) is 8.17. The lowest BCUT2D eigenvalue weighted by atomic mass is 9.63. The van der Waals surface area contributed by atoms with Crippen LogP contribution in [0.2, 0.25) is 0 Å². The Morgan fingerprint density at radius 2 is 1.44 bits per heavy atom. The molecule has 0 heterocycles. The van der Waals surface area contributed by atoms with Crippen LogP contribution >= 0.6 is 0 Å². The van der Waals surface area contributed by atoms with Crippen LogP contribution in [0.5, 0.6) is 0 Å². The zero-order valence-electron chi connectivity index (χ0n) is 19.0. The van der Waals surface area contributed by atoms with Crippen molar-refractivity contribution in [3.05, 3.63) is 97.1 Å². The Balaban J connectivity index is 2.30. The summed E-state index contributed by atoms with van der Waals surface area (Å²) in [6.45, 7) is 7.30. The molecule has 0 aliphatic heterocycles. The SMILES string of the molecule is C=CCCCCCCCCC(c1ccccc1)(c1ccccc1)C(C#N)COC(=O)C=C. The van der Waals surface area contributed by atoms with E-state index in [1.54, 1.807) is 0 Å². The minimum absolute atomic E-state index is 0.0344. The molecule has 0 fully saturated rings. The highest BCUT2D eigenvalue weighted by molar-refractivity contribution is 5.81. The quantitative estimate of drug-likeness (QED) is 0.131. The molecule has 2 aromatic carbocycles. The number of rotatable bonds is 15. The van der Waals surface area contributed by atoms with E-state index in [1.807, 2.05) is 42.5 Å². The van der Waals surface area contributed by atoms with Crippen LogP contribution in [-0.2, 0) is 14.9 Å². The van der Waals surface area contributed by atoms with Crippen molar-refractivity contribution >= 4 is 5.97 Å². The molecule has 168 valence electrons. The number of hydrogen-bond acceptors (Lipinski definition) is 3. The molecule has 0 bridgehead atoms. The van der Waals surface area contributed by atoms with Crippen LogP contribution in [-0.4, -0.2) is 12.6 Å². The Morgan fingerprint density at radius 1 is 0.906 bits per heavy atom. The summed E-state index contributed by atoms with van der Waals surface area (Å²) in [5.74, 6) is -1.01. The molecule has 2 rings (SSSR count). The first-order valence-corrected chi connectivity index (χ1v) is 11.6. The number of esters is 1. The van der Waals surface area contributed by atoms with Gasteiger partial charge in [0.2, 0.25) is 0 Å². The molecule has 0 aliphatic rings. The fraction of sp³-hybridized carbons (Fsp3) is 0.379. The molecule has 32 heavy (non-hydrogen) atoms. The van der Waals surface area contributed by atoms with Crippen LogP contribution in [0.25, 0.3) is 0 Å². The minimum atomic E-state index is -0.554. The van der Waals surface area contributed by atoms with Gasteiger partial charge in [-0.15, -0.1) is 6.58 Å². The highest BCUT2D eigenvalue weighted by atomic mass is 16.5. The molecule has 0 spiro atoms. The van der Waals surface area contributed by atoms with Crippen LogP contribution in [0.3, 0.4) is 0 Å². The molecular formula is C29H35NO2. The van der Waals surface area contributed by atoms with E-state index in [9.17, 15) is 10.1 Å². The largest absolute Gasteiger partial charge is 0.461 e. The molecule has 0 aliphatic carbocycles. The Kier molecular flexibility index (Phi) is 11.0. The van der Waals surface area contributed by atoms with Crippen LogP contribution in [0.4, 0.5) is 0 Å². The summed E-state index contributed by atoms with van der Waals surface area (Å²) in [5, 5.41) is 10.2. The van der Waals surface area contributed by atoms with Crippen molar-refractivity contribution in [2.24, 2.45) is 5.92 Å². The van der Waals surface area contributed by atoms with Crippen LogP contribution in [0, 0.1) is 17.2 Å². The van der Waals surface area contributed by atoms with Gasteiger partial charge >= 0.3 is 5.97 Å². The Labute approximate surface area is 193 Å². The molecule has 1 unspecified atom stereocenters. The summed E-state index contributed by atoms with van der Waals surface area (Å²) in [6, 6.07) is 22.8. The summed E-state index contributed by atoms with van der Waals surface area (Å²) in [7, 11) is 0. The molecule has 2 aromatic rings. The lowest BCUT2D eigenvalue weighted by Gasteiger charge is -2.39. The Morgan fingerprint density at radius 3 is 1.94 bits per heavy atom. The summed E-state index contributed by atoms with van der Waals surface area (Å²) in [5.41, 5.74) is 1.61. The maximum atomic E-state index is 11.8. The van der Waals surface area contributed by atoms with E-state index in [1.165, 1.54) is 25.7 Å². The van der Waals surface area contributed by atoms with Gasteiger partial charge in [-0.2, -0.15) is 5.26 Å². The van der Waals surface area contributed by atoms with Gasteiger partial charge in [-0.05, 0) is 30.4 Å². The fourth-order valence-corrected chi connectivity index (χ4v) is 4.42. The number of nitriles is 1. The molecule has 1 atom stereocenters. The molecular weight excluding hydrogens is 394 g/mol. The lowest BCUT2D eigenvalue weighted by molar-refractivity contribution is -0.139. The van der Waals surface area contributed by atoms with Crippen molar-refractivity contribution in [3.8, 4) is 6.07 Å². The van der Waals surface area contributed by atoms with Crippen molar-refractivity contribution in [2.45, 2.75) is 56.8 Å². The van der Waals surface area contributed by atoms with E-state index in [-0.39, 0.29) is 6.61 Å². The van der Waals surface area contributed by atoms with Gasteiger partial charge in [-0.1, -0.05) is 105 Å². The van der Waals surface area contributed by atoms with E-state index in [0.29, 0.717) is 0 Å². The lowest BCUT2D eigenvalue weighted by Crippen LogP contribution is -2.39. The van der Waals surface area contributed by atoms with E-state index >= 15 is 0 Å². The average Bonchev–Trinajstić information content (AvgIpc) is 2.85. The Bertz CT molecular complexity index is 828. The third-order valence-electron chi connectivity index (χ3n) is 6.12. The number of benzene rings is 2. The van der Waals surface area contributed by atoms with Gasteiger partial charge in [0.15, 0.2) is 0 Å². The highest BCUT2D eigenvalue weighted by Gasteiger charge is 2.42. The first-order valence-electron chi connectivity index (χ1n) is 11.6. The number of hydrogen-bond donors (Lipinski definition) is 0. The molecule has 0 aromatic heterocycles. The number of carbonyl (C=O) groups excluding carboxylic acids is 1. The zero-order chi connectivity index (χ0) is 23.1. The number of carbonyl (C=O) groups is 1. The summed E-state index contributed by atoms with van der Waals surface area (Å²) in [4.78, 5) is 11.8. The summed E-state index contributed by atoms with van der Waals surface area (Å²) in [6.07, 6.45) is 12.0. The Hall–Kier alpha value is -3.12. The fourth-order valence-electron chi connectivity index (χ4n) is 4.42. The van der Waals surface area contributed by atoms with Crippen molar-refractivity contribution in [1.82, 2.24) is 0 Å². The standard InChI is InChI=1S/C29H35NO2/c1-3-5-6-7-8-9-10-17-22-29(25-18-13-11-14-19-25,26-20-15-12-16-21-26)27(23-30)24-32-28(31)4-2/h3-4,11-16,18-21,27H,1-2,5-10,17,22,24H2. The molecule has 0 saturated heterocycles. The third kappa shape index (κ3) is 6.95. The second-order valence-electron chi connectivity index (χ2n) is 8.17. The predicted molar refractivity (Wildman–Crippen MR) is 131 cm³/mol. The maximum absolute atomic E-state index is 11.8. The smallest absolute Gasteiger partial charge is 0.330 e. The monoisotopic (exact) mass is 429 g/mol. The first-order chi connectivity index (χ1) is 15.7. The van der Waals surface area contributed by atoms with Crippen molar-refractivity contribution < 1.29 is 9.53 Å². The summed E-state index contributed by atoms with van der Waals surface area (Å²) >= 11 is 0. The van der Waals surface area contributed by atoms with E-state index in [0.717, 1.165) is 42.9 Å². The van der Waals surface area contributed by atoms with Crippen LogP contribution in [0.15, 0.2) is 86.0 Å². The van der Waals surface area contributed by atoms with E-state index in [2.05, 4.69) is 43.5 Å². The highest BCUT2D eigenvalue weighted by Crippen LogP contribution is 2.44. The number of allylic oxidation sites excluding steroid dienone is 1. The van der Waals surface area contributed by atoms with Crippen LogP contribution in [0.1, 0.15) is 62.5 Å². The molecule has 0 radical (unpaired) electrons.